The van der Waals surface area contributed by atoms with Crippen molar-refractivity contribution in [3.05, 3.63) is 39.9 Å². The molecule has 1 saturated heterocycles. The molecule has 1 saturated carbocycles. The molecule has 0 N–H and O–H groups in total. The summed E-state index contributed by atoms with van der Waals surface area (Å²) in [7, 11) is 0. The second-order valence-corrected chi connectivity index (χ2v) is 5.67. The van der Waals surface area contributed by atoms with E-state index in [2.05, 4.69) is 0 Å². The summed E-state index contributed by atoms with van der Waals surface area (Å²) in [5.41, 5.74) is 0.0418. The Hall–Kier alpha value is -2.77. The number of carbonyl (C=O) groups excluding carboxylic acids is 3. The van der Waals surface area contributed by atoms with Gasteiger partial charge in [-0.25, -0.2) is 4.79 Å². The second-order valence-electron chi connectivity index (χ2n) is 5.67. The van der Waals surface area contributed by atoms with Gasteiger partial charge in [0.05, 0.1) is 11.5 Å². The molecule has 1 aliphatic carbocycles. The van der Waals surface area contributed by atoms with Crippen molar-refractivity contribution in [1.29, 1.82) is 0 Å². The molecule has 8 heteroatoms. The second kappa shape index (κ2) is 5.79. The number of nitro groups is 1. The first-order chi connectivity index (χ1) is 11.0. The van der Waals surface area contributed by atoms with Crippen LogP contribution in [0.3, 0.4) is 0 Å². The number of para-hydroxylation sites is 1. The molecule has 3 rings (SSSR count). The van der Waals surface area contributed by atoms with Gasteiger partial charge < -0.3 is 0 Å². The summed E-state index contributed by atoms with van der Waals surface area (Å²) in [6.45, 7) is -0.274. The molecular formula is C15H15N3O5. The molecule has 1 aromatic rings. The molecule has 0 aromatic heterocycles. The summed E-state index contributed by atoms with van der Waals surface area (Å²) < 4.78 is 0. The van der Waals surface area contributed by atoms with Crippen molar-refractivity contribution in [2.45, 2.75) is 38.3 Å². The Balaban J connectivity index is 1.86. The van der Waals surface area contributed by atoms with Crippen molar-refractivity contribution in [3.63, 3.8) is 0 Å². The molecular weight excluding hydrogens is 302 g/mol. The lowest BCUT2D eigenvalue weighted by molar-refractivity contribution is -0.385. The number of nitro benzene ring substituents is 1. The number of nitrogens with zero attached hydrogens (tertiary/aromatic N) is 3. The molecule has 0 radical (unpaired) electrons. The summed E-state index contributed by atoms with van der Waals surface area (Å²) >= 11 is 0. The average Bonchev–Trinajstić information content (AvgIpc) is 3.11. The van der Waals surface area contributed by atoms with E-state index in [1.807, 2.05) is 0 Å². The van der Waals surface area contributed by atoms with E-state index < -0.39 is 22.8 Å². The highest BCUT2D eigenvalue weighted by Gasteiger charge is 2.48. The van der Waals surface area contributed by atoms with Crippen molar-refractivity contribution in [1.82, 2.24) is 9.80 Å². The van der Waals surface area contributed by atoms with E-state index in [0.29, 0.717) is 12.8 Å². The fraction of sp³-hybridized carbons (Fsp3) is 0.400. The summed E-state index contributed by atoms with van der Waals surface area (Å²) in [6, 6.07) is 4.95. The number of rotatable bonds is 4. The Bertz CT molecular complexity index is 696. The largest absolute Gasteiger partial charge is 0.334 e. The van der Waals surface area contributed by atoms with E-state index in [0.717, 1.165) is 22.6 Å². The highest BCUT2D eigenvalue weighted by molar-refractivity contribution is 6.44. The van der Waals surface area contributed by atoms with Gasteiger partial charge in [-0.05, 0) is 12.8 Å². The molecule has 1 aromatic carbocycles. The molecule has 8 nitrogen and oxygen atoms in total. The Kier molecular flexibility index (Phi) is 3.81. The highest BCUT2D eigenvalue weighted by atomic mass is 16.6. The standard InChI is InChI=1S/C15H15N3O5/c19-13-14(20)17(11-6-2-3-7-11)15(21)16(13)9-10-5-1-4-8-12(10)18(22)23/h1,4-5,8,11H,2-3,6-7,9H2. The van der Waals surface area contributed by atoms with Crippen molar-refractivity contribution >= 4 is 23.5 Å². The minimum absolute atomic E-state index is 0.181. The van der Waals surface area contributed by atoms with Gasteiger partial charge in [0, 0.05) is 17.7 Å². The molecule has 0 atom stereocenters. The lowest BCUT2D eigenvalue weighted by atomic mass is 10.1. The van der Waals surface area contributed by atoms with Crippen LogP contribution in [0.1, 0.15) is 31.2 Å². The van der Waals surface area contributed by atoms with Gasteiger partial charge >= 0.3 is 17.8 Å². The van der Waals surface area contributed by atoms with Crippen LogP contribution in [0.5, 0.6) is 0 Å². The van der Waals surface area contributed by atoms with Crippen molar-refractivity contribution < 1.29 is 19.3 Å². The molecule has 1 aliphatic heterocycles. The van der Waals surface area contributed by atoms with Crippen LogP contribution in [-0.2, 0) is 16.1 Å². The number of carbonyl (C=O) groups is 3. The Morgan fingerprint density at radius 3 is 2.39 bits per heavy atom. The monoisotopic (exact) mass is 317 g/mol. The third kappa shape index (κ3) is 2.56. The molecule has 4 amide bonds. The number of imide groups is 2. The van der Waals surface area contributed by atoms with E-state index in [1.165, 1.54) is 18.2 Å². The van der Waals surface area contributed by atoms with Gasteiger partial charge in [-0.3, -0.25) is 29.5 Å². The summed E-state index contributed by atoms with van der Waals surface area (Å²) in [4.78, 5) is 48.9. The zero-order valence-corrected chi connectivity index (χ0v) is 12.3. The first kappa shape index (κ1) is 15.1. The van der Waals surface area contributed by atoms with E-state index in [4.69, 9.17) is 0 Å². The predicted molar refractivity (Wildman–Crippen MR) is 78.1 cm³/mol. The maximum absolute atomic E-state index is 12.4. The van der Waals surface area contributed by atoms with E-state index in [9.17, 15) is 24.5 Å². The van der Waals surface area contributed by atoms with Crippen LogP contribution >= 0.6 is 0 Å². The Morgan fingerprint density at radius 1 is 1.09 bits per heavy atom. The summed E-state index contributed by atoms with van der Waals surface area (Å²) in [6.07, 6.45) is 3.23. The van der Waals surface area contributed by atoms with E-state index in [-0.39, 0.29) is 23.8 Å². The normalized spacial score (nSPS) is 19.0. The molecule has 120 valence electrons. The number of benzene rings is 1. The van der Waals surface area contributed by atoms with Gasteiger partial charge in [0.1, 0.15) is 0 Å². The highest BCUT2D eigenvalue weighted by Crippen LogP contribution is 2.29. The maximum Gasteiger partial charge on any atom is 0.334 e. The summed E-state index contributed by atoms with van der Waals surface area (Å²) in [5, 5.41) is 11.0. The minimum Gasteiger partial charge on any atom is -0.263 e. The van der Waals surface area contributed by atoms with Crippen molar-refractivity contribution in [2.75, 3.05) is 0 Å². The quantitative estimate of drug-likeness (QED) is 0.365. The lowest BCUT2D eigenvalue weighted by Gasteiger charge is -2.21. The van der Waals surface area contributed by atoms with Crippen LogP contribution in [0.25, 0.3) is 0 Å². The van der Waals surface area contributed by atoms with Gasteiger partial charge in [-0.15, -0.1) is 0 Å². The number of urea groups is 1. The van der Waals surface area contributed by atoms with Crippen LogP contribution in [0.2, 0.25) is 0 Å². The van der Waals surface area contributed by atoms with Gasteiger partial charge in [0.2, 0.25) is 0 Å². The maximum atomic E-state index is 12.4. The van der Waals surface area contributed by atoms with Gasteiger partial charge in [-0.2, -0.15) is 0 Å². The number of hydrogen-bond donors (Lipinski definition) is 0. The third-order valence-corrected chi connectivity index (χ3v) is 4.29. The SMILES string of the molecule is O=C1C(=O)N(C2CCCC2)C(=O)N1Cc1ccccc1[N+](=O)[O-]. The van der Waals surface area contributed by atoms with Crippen LogP contribution in [0, 0.1) is 10.1 Å². The van der Waals surface area contributed by atoms with Crippen LogP contribution in [-0.4, -0.2) is 38.6 Å². The third-order valence-electron chi connectivity index (χ3n) is 4.29. The Labute approximate surface area is 131 Å². The molecule has 0 bridgehead atoms. The van der Waals surface area contributed by atoms with Crippen LogP contribution in [0.15, 0.2) is 24.3 Å². The molecule has 2 fully saturated rings. The fourth-order valence-corrected chi connectivity index (χ4v) is 3.14. The van der Waals surface area contributed by atoms with E-state index >= 15 is 0 Å². The number of amides is 4. The van der Waals surface area contributed by atoms with E-state index in [1.54, 1.807) is 6.07 Å². The van der Waals surface area contributed by atoms with Gasteiger partial charge in [-0.1, -0.05) is 31.0 Å². The predicted octanol–water partition coefficient (Wildman–Crippen LogP) is 1.83. The Morgan fingerprint density at radius 2 is 1.74 bits per heavy atom. The van der Waals surface area contributed by atoms with Crippen LogP contribution < -0.4 is 0 Å². The first-order valence-electron chi connectivity index (χ1n) is 7.42. The van der Waals surface area contributed by atoms with Crippen molar-refractivity contribution in [2.24, 2.45) is 0 Å². The molecule has 0 unspecified atom stereocenters. The molecule has 2 aliphatic rings. The molecule has 1 heterocycles. The molecule has 0 spiro atoms. The van der Waals surface area contributed by atoms with Gasteiger partial charge in [0.15, 0.2) is 0 Å². The fourth-order valence-electron chi connectivity index (χ4n) is 3.14. The van der Waals surface area contributed by atoms with Crippen LogP contribution in [0.4, 0.5) is 10.5 Å². The molecule has 23 heavy (non-hydrogen) atoms. The first-order valence-corrected chi connectivity index (χ1v) is 7.42. The topological polar surface area (TPSA) is 101 Å². The zero-order chi connectivity index (χ0) is 16.6. The smallest absolute Gasteiger partial charge is 0.263 e. The summed E-state index contributed by atoms with van der Waals surface area (Å²) in [5.74, 6) is -1.75. The zero-order valence-electron chi connectivity index (χ0n) is 12.3. The average molecular weight is 317 g/mol. The number of hydrogen-bond acceptors (Lipinski definition) is 5. The lowest BCUT2D eigenvalue weighted by Crippen LogP contribution is -2.39. The van der Waals surface area contributed by atoms with Gasteiger partial charge in [0.25, 0.3) is 5.69 Å². The minimum atomic E-state index is -0.917. The van der Waals surface area contributed by atoms with Crippen molar-refractivity contribution in [3.8, 4) is 0 Å².